The first-order valence-electron chi connectivity index (χ1n) is 7.77. The Morgan fingerprint density at radius 2 is 1.83 bits per heavy atom. The van der Waals surface area contributed by atoms with E-state index in [1.165, 1.54) is 0 Å². The van der Waals surface area contributed by atoms with Gasteiger partial charge in [0, 0.05) is 31.0 Å². The van der Waals surface area contributed by atoms with Crippen molar-refractivity contribution in [3.63, 3.8) is 0 Å². The maximum absolute atomic E-state index is 12.3. The second-order valence-corrected chi connectivity index (χ2v) is 5.54. The van der Waals surface area contributed by atoms with Crippen LogP contribution in [0.1, 0.15) is 27.0 Å². The van der Waals surface area contributed by atoms with E-state index in [-0.39, 0.29) is 12.5 Å². The molecule has 0 fully saturated rings. The first-order chi connectivity index (χ1) is 11.8. The number of amides is 1. The van der Waals surface area contributed by atoms with Crippen LogP contribution in [0.15, 0.2) is 67.3 Å². The SMILES string of the molecule is O=C(NCc1ccccc1CO)c1ccc(Cn2ccnc2)cc1. The van der Waals surface area contributed by atoms with Crippen molar-refractivity contribution in [1.82, 2.24) is 14.9 Å². The number of aliphatic hydroxyl groups is 1. The molecule has 3 rings (SSSR count). The standard InChI is InChI=1S/C19H19N3O2/c23-13-18-4-2-1-3-17(18)11-21-19(24)16-7-5-15(6-8-16)12-22-10-9-20-14-22/h1-10,14,23H,11-13H2,(H,21,24). The van der Waals surface area contributed by atoms with Crippen molar-refractivity contribution >= 4 is 5.91 Å². The average Bonchev–Trinajstić information content (AvgIpc) is 3.13. The van der Waals surface area contributed by atoms with Gasteiger partial charge >= 0.3 is 0 Å². The van der Waals surface area contributed by atoms with Gasteiger partial charge in [0.1, 0.15) is 0 Å². The third kappa shape index (κ3) is 3.88. The fourth-order valence-electron chi connectivity index (χ4n) is 2.51. The zero-order chi connectivity index (χ0) is 16.8. The molecule has 0 spiro atoms. The molecule has 2 aromatic carbocycles. The Balaban J connectivity index is 1.60. The van der Waals surface area contributed by atoms with Crippen LogP contribution in [0.4, 0.5) is 0 Å². The Labute approximate surface area is 140 Å². The second kappa shape index (κ2) is 7.57. The third-order valence-electron chi connectivity index (χ3n) is 3.87. The molecule has 0 aliphatic rings. The fourth-order valence-corrected chi connectivity index (χ4v) is 2.51. The molecule has 0 bridgehead atoms. The number of carbonyl (C=O) groups is 1. The van der Waals surface area contributed by atoms with Gasteiger partial charge in [-0.2, -0.15) is 0 Å². The summed E-state index contributed by atoms with van der Waals surface area (Å²) in [6, 6.07) is 15.0. The van der Waals surface area contributed by atoms with Crippen LogP contribution in [0.3, 0.4) is 0 Å². The molecule has 0 saturated heterocycles. The molecule has 0 aliphatic carbocycles. The Bertz CT molecular complexity index is 796. The van der Waals surface area contributed by atoms with Crippen molar-refractivity contribution < 1.29 is 9.90 Å². The van der Waals surface area contributed by atoms with E-state index in [1.54, 1.807) is 12.5 Å². The van der Waals surface area contributed by atoms with Crippen LogP contribution in [0.2, 0.25) is 0 Å². The molecule has 24 heavy (non-hydrogen) atoms. The highest BCUT2D eigenvalue weighted by Gasteiger charge is 2.07. The van der Waals surface area contributed by atoms with E-state index in [4.69, 9.17) is 0 Å². The number of nitrogens with one attached hydrogen (secondary N) is 1. The predicted octanol–water partition coefficient (Wildman–Crippen LogP) is 2.35. The molecule has 0 atom stereocenters. The summed E-state index contributed by atoms with van der Waals surface area (Å²) in [6.07, 6.45) is 5.41. The summed E-state index contributed by atoms with van der Waals surface area (Å²) in [4.78, 5) is 16.3. The van der Waals surface area contributed by atoms with Gasteiger partial charge in [-0.15, -0.1) is 0 Å². The van der Waals surface area contributed by atoms with Gasteiger partial charge in [-0.25, -0.2) is 4.98 Å². The minimum Gasteiger partial charge on any atom is -0.392 e. The van der Waals surface area contributed by atoms with Crippen LogP contribution in [-0.2, 0) is 19.7 Å². The van der Waals surface area contributed by atoms with Gasteiger partial charge in [0.25, 0.3) is 5.91 Å². The monoisotopic (exact) mass is 321 g/mol. The maximum Gasteiger partial charge on any atom is 0.251 e. The zero-order valence-electron chi connectivity index (χ0n) is 13.2. The van der Waals surface area contributed by atoms with E-state index in [9.17, 15) is 9.90 Å². The highest BCUT2D eigenvalue weighted by molar-refractivity contribution is 5.94. The Morgan fingerprint density at radius 3 is 2.50 bits per heavy atom. The summed E-state index contributed by atoms with van der Waals surface area (Å²) in [5, 5.41) is 12.2. The first-order valence-corrected chi connectivity index (χ1v) is 7.77. The highest BCUT2D eigenvalue weighted by Crippen LogP contribution is 2.10. The van der Waals surface area contributed by atoms with E-state index in [0.29, 0.717) is 12.1 Å². The number of hydrogen-bond acceptors (Lipinski definition) is 3. The molecule has 5 heteroatoms. The number of carbonyl (C=O) groups excluding carboxylic acids is 1. The summed E-state index contributed by atoms with van der Waals surface area (Å²) in [7, 11) is 0. The van der Waals surface area contributed by atoms with Gasteiger partial charge in [0.05, 0.1) is 12.9 Å². The number of rotatable bonds is 6. The smallest absolute Gasteiger partial charge is 0.251 e. The van der Waals surface area contributed by atoms with Crippen LogP contribution in [-0.4, -0.2) is 20.6 Å². The van der Waals surface area contributed by atoms with E-state index in [1.807, 2.05) is 59.3 Å². The lowest BCUT2D eigenvalue weighted by atomic mass is 10.1. The largest absolute Gasteiger partial charge is 0.392 e. The molecule has 3 aromatic rings. The third-order valence-corrected chi connectivity index (χ3v) is 3.87. The minimum atomic E-state index is -0.128. The average molecular weight is 321 g/mol. The van der Waals surface area contributed by atoms with Crippen molar-refractivity contribution in [3.05, 3.63) is 89.5 Å². The van der Waals surface area contributed by atoms with Crippen molar-refractivity contribution in [3.8, 4) is 0 Å². The lowest BCUT2D eigenvalue weighted by Crippen LogP contribution is -2.23. The molecule has 0 aliphatic heterocycles. The second-order valence-electron chi connectivity index (χ2n) is 5.54. The summed E-state index contributed by atoms with van der Waals surface area (Å²) in [6.45, 7) is 1.09. The van der Waals surface area contributed by atoms with E-state index < -0.39 is 0 Å². The lowest BCUT2D eigenvalue weighted by Gasteiger charge is -2.09. The van der Waals surface area contributed by atoms with Crippen molar-refractivity contribution in [2.75, 3.05) is 0 Å². The van der Waals surface area contributed by atoms with Gasteiger partial charge in [0.15, 0.2) is 0 Å². The molecule has 2 N–H and O–H groups in total. The van der Waals surface area contributed by atoms with E-state index >= 15 is 0 Å². The van der Waals surface area contributed by atoms with Crippen LogP contribution in [0.25, 0.3) is 0 Å². The maximum atomic E-state index is 12.3. The van der Waals surface area contributed by atoms with Crippen molar-refractivity contribution in [2.24, 2.45) is 0 Å². The van der Waals surface area contributed by atoms with Gasteiger partial charge in [-0.3, -0.25) is 4.79 Å². The minimum absolute atomic E-state index is 0.0327. The van der Waals surface area contributed by atoms with Crippen molar-refractivity contribution in [1.29, 1.82) is 0 Å². The zero-order valence-corrected chi connectivity index (χ0v) is 13.2. The van der Waals surface area contributed by atoms with Crippen LogP contribution in [0, 0.1) is 0 Å². The molecule has 122 valence electrons. The molecule has 1 heterocycles. The topological polar surface area (TPSA) is 67.2 Å². The quantitative estimate of drug-likeness (QED) is 0.732. The first kappa shape index (κ1) is 16.0. The number of imidazole rings is 1. The molecular formula is C19H19N3O2. The van der Waals surface area contributed by atoms with Gasteiger partial charge in [-0.05, 0) is 28.8 Å². The Hall–Kier alpha value is -2.92. The van der Waals surface area contributed by atoms with E-state index in [2.05, 4.69) is 10.3 Å². The molecule has 0 radical (unpaired) electrons. The summed E-state index contributed by atoms with van der Waals surface area (Å²) < 4.78 is 1.97. The number of nitrogens with zero attached hydrogens (tertiary/aromatic N) is 2. The van der Waals surface area contributed by atoms with Crippen LogP contribution in [0.5, 0.6) is 0 Å². The Morgan fingerprint density at radius 1 is 1.08 bits per heavy atom. The fraction of sp³-hybridized carbons (Fsp3) is 0.158. The summed E-state index contributed by atoms with van der Waals surface area (Å²) in [5.74, 6) is -0.128. The van der Waals surface area contributed by atoms with E-state index in [0.717, 1.165) is 23.2 Å². The van der Waals surface area contributed by atoms with Gasteiger partial charge in [-0.1, -0.05) is 36.4 Å². The number of aromatic nitrogens is 2. The number of benzene rings is 2. The highest BCUT2D eigenvalue weighted by atomic mass is 16.3. The lowest BCUT2D eigenvalue weighted by molar-refractivity contribution is 0.0950. The molecule has 1 aromatic heterocycles. The van der Waals surface area contributed by atoms with Crippen molar-refractivity contribution in [2.45, 2.75) is 19.7 Å². The normalized spacial score (nSPS) is 10.5. The van der Waals surface area contributed by atoms with Gasteiger partial charge < -0.3 is 15.0 Å². The molecule has 0 unspecified atom stereocenters. The molecule has 1 amide bonds. The Kier molecular flexibility index (Phi) is 5.03. The molecule has 5 nitrogen and oxygen atoms in total. The molecule has 0 saturated carbocycles. The summed E-state index contributed by atoms with van der Waals surface area (Å²) in [5.41, 5.74) is 3.47. The number of aliphatic hydroxyl groups excluding tert-OH is 1. The predicted molar refractivity (Wildman–Crippen MR) is 91.3 cm³/mol. The van der Waals surface area contributed by atoms with Gasteiger partial charge in [0.2, 0.25) is 0 Å². The van der Waals surface area contributed by atoms with Crippen LogP contribution >= 0.6 is 0 Å². The molecular weight excluding hydrogens is 302 g/mol. The van der Waals surface area contributed by atoms with Crippen LogP contribution < -0.4 is 5.32 Å². The number of hydrogen-bond donors (Lipinski definition) is 2. The summed E-state index contributed by atoms with van der Waals surface area (Å²) >= 11 is 0.